The monoisotopic (exact) mass is 444 g/mol. The van der Waals surface area contributed by atoms with Crippen molar-refractivity contribution < 1.29 is 18.8 Å². The van der Waals surface area contributed by atoms with Crippen LogP contribution >= 0.6 is 19.6 Å². The van der Waals surface area contributed by atoms with Crippen LogP contribution < -0.4 is 5.32 Å². The van der Waals surface area contributed by atoms with Gasteiger partial charge in [-0.3, -0.25) is 14.5 Å². The average Bonchev–Trinajstić information content (AvgIpc) is 3.46. The van der Waals surface area contributed by atoms with E-state index >= 15 is 0 Å². The molecule has 2 N–H and O–H groups in total. The van der Waals surface area contributed by atoms with Gasteiger partial charge in [0.25, 0.3) is 5.91 Å². The minimum atomic E-state index is -2.70. The van der Waals surface area contributed by atoms with Crippen molar-refractivity contribution in [1.29, 1.82) is 0 Å². The van der Waals surface area contributed by atoms with E-state index in [0.717, 1.165) is 0 Å². The Balaban J connectivity index is 1.50. The molecule has 0 aliphatic carbocycles. The van der Waals surface area contributed by atoms with Crippen molar-refractivity contribution in [2.45, 2.75) is 6.73 Å². The first kappa shape index (κ1) is 20.0. The van der Waals surface area contributed by atoms with E-state index in [0.29, 0.717) is 27.6 Å². The topological polar surface area (TPSA) is 137 Å². The lowest BCUT2D eigenvalue weighted by Crippen LogP contribution is -2.12. The number of aromatic nitrogens is 6. The summed E-state index contributed by atoms with van der Waals surface area (Å²) in [7, 11) is -0.943. The Bertz CT molecular complexity index is 1200. The van der Waals surface area contributed by atoms with E-state index in [9.17, 15) is 9.36 Å². The van der Waals surface area contributed by atoms with Crippen LogP contribution in [0.25, 0.3) is 22.0 Å². The summed E-state index contributed by atoms with van der Waals surface area (Å²) >= 11 is 1.28. The Morgan fingerprint density at radius 3 is 3.00 bits per heavy atom. The van der Waals surface area contributed by atoms with Gasteiger partial charge in [-0.1, -0.05) is 10.6 Å². The normalized spacial score (nSPS) is 11.5. The van der Waals surface area contributed by atoms with Gasteiger partial charge >= 0.3 is 8.25 Å². The number of pyridine rings is 1. The lowest BCUT2D eigenvalue weighted by molar-refractivity contribution is 0.102. The highest BCUT2D eigenvalue weighted by Gasteiger charge is 2.18. The molecule has 152 valence electrons. The molecule has 1 unspecified atom stereocenters. The van der Waals surface area contributed by atoms with Gasteiger partial charge in [-0.15, -0.1) is 16.2 Å². The number of carbonyl (C=O) groups excluding carboxylic acids is 1. The van der Waals surface area contributed by atoms with Gasteiger partial charge in [0.05, 0.1) is 17.6 Å². The molecule has 4 rings (SSSR count). The fraction of sp³-hybridized carbons (Fsp3) is 0.118. The van der Waals surface area contributed by atoms with Gasteiger partial charge in [0.1, 0.15) is 16.4 Å². The lowest BCUT2D eigenvalue weighted by atomic mass is 10.2. The highest BCUT2D eigenvalue weighted by molar-refractivity contribution is 7.32. The number of nitrogens with zero attached hydrogens (tertiary/aromatic N) is 6. The second kappa shape index (κ2) is 8.59. The Kier molecular flexibility index (Phi) is 5.72. The van der Waals surface area contributed by atoms with Crippen LogP contribution in [0, 0.1) is 0 Å². The Morgan fingerprint density at radius 1 is 1.37 bits per heavy atom. The molecule has 0 aliphatic rings. The molecular weight excluding hydrogens is 429 g/mol. The van der Waals surface area contributed by atoms with Gasteiger partial charge in [-0.25, -0.2) is 9.67 Å². The SMILES string of the molecule is Cn1cc(NC(=O)c2csc(-c3cnn(CO[P+](=O)O)c3)n2)c(-c2ccccn2)n1. The Morgan fingerprint density at radius 2 is 2.23 bits per heavy atom. The number of carbonyl (C=O) groups is 1. The van der Waals surface area contributed by atoms with E-state index < -0.39 is 8.25 Å². The smallest absolute Gasteiger partial charge is 0.317 e. The number of amides is 1. The first-order chi connectivity index (χ1) is 14.5. The van der Waals surface area contributed by atoms with Crippen molar-refractivity contribution in [2.75, 3.05) is 5.32 Å². The molecule has 0 saturated heterocycles. The molecule has 0 fully saturated rings. The maximum absolute atomic E-state index is 12.7. The van der Waals surface area contributed by atoms with Gasteiger partial charge in [0.15, 0.2) is 6.73 Å². The lowest BCUT2D eigenvalue weighted by Gasteiger charge is -2.03. The van der Waals surface area contributed by atoms with E-state index in [2.05, 4.69) is 30.0 Å². The molecule has 30 heavy (non-hydrogen) atoms. The van der Waals surface area contributed by atoms with Crippen molar-refractivity contribution in [3.8, 4) is 22.0 Å². The fourth-order valence-electron chi connectivity index (χ4n) is 2.62. The van der Waals surface area contributed by atoms with Crippen molar-refractivity contribution in [3.63, 3.8) is 0 Å². The summed E-state index contributed by atoms with van der Waals surface area (Å²) < 4.78 is 18.2. The van der Waals surface area contributed by atoms with Crippen LogP contribution in [0.1, 0.15) is 10.5 Å². The number of thiazole rings is 1. The number of aryl methyl sites for hydroxylation is 1. The summed E-state index contributed by atoms with van der Waals surface area (Å²) in [6.07, 6.45) is 6.51. The molecule has 13 heteroatoms. The third kappa shape index (κ3) is 4.47. The van der Waals surface area contributed by atoms with Crippen LogP contribution in [0.15, 0.2) is 48.4 Å². The number of hydrogen-bond acceptors (Lipinski definition) is 8. The van der Waals surface area contributed by atoms with Crippen molar-refractivity contribution >= 4 is 31.2 Å². The van der Waals surface area contributed by atoms with E-state index in [1.165, 1.54) is 22.2 Å². The minimum Gasteiger partial charge on any atom is -0.317 e. The third-order valence-corrected chi connectivity index (χ3v) is 5.13. The van der Waals surface area contributed by atoms with Gasteiger partial charge in [-0.2, -0.15) is 10.2 Å². The molecule has 1 amide bonds. The Labute approximate surface area is 174 Å². The molecule has 0 aliphatic heterocycles. The van der Waals surface area contributed by atoms with Crippen LogP contribution in [0.2, 0.25) is 0 Å². The summed E-state index contributed by atoms with van der Waals surface area (Å²) in [6.45, 7) is -0.165. The predicted molar refractivity (Wildman–Crippen MR) is 109 cm³/mol. The average molecular weight is 444 g/mol. The van der Waals surface area contributed by atoms with Gasteiger partial charge in [-0.05, 0) is 12.1 Å². The molecule has 0 radical (unpaired) electrons. The van der Waals surface area contributed by atoms with Crippen LogP contribution in [-0.4, -0.2) is 40.3 Å². The first-order valence-corrected chi connectivity index (χ1v) is 10.5. The molecule has 4 aromatic heterocycles. The molecule has 0 saturated carbocycles. The zero-order valence-corrected chi connectivity index (χ0v) is 17.2. The number of anilines is 1. The number of hydrogen-bond donors (Lipinski definition) is 2. The molecule has 4 aromatic rings. The zero-order valence-electron chi connectivity index (χ0n) is 15.5. The number of rotatable bonds is 7. The van der Waals surface area contributed by atoms with Crippen molar-refractivity contribution in [3.05, 3.63) is 54.1 Å². The second-order valence-corrected chi connectivity index (χ2v) is 7.63. The first-order valence-electron chi connectivity index (χ1n) is 8.53. The fourth-order valence-corrected chi connectivity index (χ4v) is 3.61. The maximum atomic E-state index is 12.7. The standard InChI is InChI=1S/C17H14N7O4PS/c1-23-8-13(15(22-23)12-4-2-3-5-18-12)20-16(25)14-9-30-17(21-14)11-6-19-24(7-11)10-28-29(26)27/h2-9H,10H2,1H3,(H-,20,25,26,27)/p+1. The van der Waals surface area contributed by atoms with E-state index in [4.69, 9.17) is 4.89 Å². The van der Waals surface area contributed by atoms with Crippen molar-refractivity contribution in [1.82, 2.24) is 29.5 Å². The van der Waals surface area contributed by atoms with Crippen LogP contribution in [-0.2, 0) is 22.9 Å². The molecule has 4 heterocycles. The van der Waals surface area contributed by atoms with E-state index in [-0.39, 0.29) is 18.3 Å². The summed E-state index contributed by atoms with van der Waals surface area (Å²) in [6, 6.07) is 5.46. The molecule has 0 bridgehead atoms. The van der Waals surface area contributed by atoms with Crippen LogP contribution in [0.4, 0.5) is 5.69 Å². The molecule has 0 spiro atoms. The largest absolute Gasteiger partial charge is 0.696 e. The molecule has 1 atom stereocenters. The number of nitrogens with one attached hydrogen (secondary N) is 1. The van der Waals surface area contributed by atoms with E-state index in [1.807, 2.05) is 12.1 Å². The summed E-state index contributed by atoms with van der Waals surface area (Å²) in [4.78, 5) is 30.0. The molecule has 0 aromatic carbocycles. The van der Waals surface area contributed by atoms with E-state index in [1.54, 1.807) is 41.8 Å². The van der Waals surface area contributed by atoms with Gasteiger partial charge in [0, 0.05) is 41.1 Å². The summed E-state index contributed by atoms with van der Waals surface area (Å²) in [5.74, 6) is -0.379. The highest BCUT2D eigenvalue weighted by atomic mass is 32.1. The minimum absolute atomic E-state index is 0.165. The predicted octanol–water partition coefficient (Wildman–Crippen LogP) is 2.68. The van der Waals surface area contributed by atoms with Crippen LogP contribution in [0.3, 0.4) is 0 Å². The van der Waals surface area contributed by atoms with Crippen molar-refractivity contribution in [2.24, 2.45) is 7.05 Å². The third-order valence-electron chi connectivity index (χ3n) is 3.90. The summed E-state index contributed by atoms with van der Waals surface area (Å²) in [5, 5.41) is 13.5. The molecular formula is C17H15N7O4PS+. The second-order valence-electron chi connectivity index (χ2n) is 6.04. The maximum Gasteiger partial charge on any atom is 0.696 e. The van der Waals surface area contributed by atoms with Crippen LogP contribution in [0.5, 0.6) is 0 Å². The zero-order chi connectivity index (χ0) is 21.1. The highest BCUT2D eigenvalue weighted by Crippen LogP contribution is 2.27. The van der Waals surface area contributed by atoms with Gasteiger partial charge < -0.3 is 5.32 Å². The molecule has 11 nitrogen and oxygen atoms in total. The quantitative estimate of drug-likeness (QED) is 0.415. The summed E-state index contributed by atoms with van der Waals surface area (Å²) in [5.41, 5.74) is 2.63. The Hall–Kier alpha value is -3.31. The van der Waals surface area contributed by atoms with Gasteiger partial charge in [0.2, 0.25) is 0 Å².